The molecule has 0 spiro atoms. The van der Waals surface area contributed by atoms with E-state index in [0.717, 1.165) is 19.0 Å². The maximum Gasteiger partial charge on any atom is 0.245 e. The minimum Gasteiger partial charge on any atom is -0.336 e. The Morgan fingerprint density at radius 2 is 2.11 bits per heavy atom. The zero-order valence-corrected chi connectivity index (χ0v) is 11.2. The first kappa shape index (κ1) is 12.0. The van der Waals surface area contributed by atoms with Crippen LogP contribution in [0.15, 0.2) is 12.4 Å². The van der Waals surface area contributed by atoms with Crippen molar-refractivity contribution >= 4 is 5.95 Å². The number of aryl methyl sites for hydroxylation is 1. The molecule has 19 heavy (non-hydrogen) atoms. The lowest BCUT2D eigenvalue weighted by molar-refractivity contribution is 0.243. The molecular formula is C10H17N9. The van der Waals surface area contributed by atoms with Crippen molar-refractivity contribution in [3.63, 3.8) is 0 Å². The van der Waals surface area contributed by atoms with Crippen LogP contribution in [0.25, 0.3) is 0 Å². The van der Waals surface area contributed by atoms with Crippen LogP contribution in [0, 0.1) is 0 Å². The third kappa shape index (κ3) is 2.05. The molecule has 1 fully saturated rings. The Labute approximate surface area is 110 Å². The van der Waals surface area contributed by atoms with Crippen LogP contribution >= 0.6 is 0 Å². The lowest BCUT2D eigenvalue weighted by Crippen LogP contribution is -2.36. The molecule has 3 rings (SSSR count). The largest absolute Gasteiger partial charge is 0.336 e. The minimum absolute atomic E-state index is 0.245. The zero-order valence-electron chi connectivity index (χ0n) is 11.2. The summed E-state index contributed by atoms with van der Waals surface area (Å²) in [5.74, 6) is 0.787. The number of nitrogens with zero attached hydrogens (tertiary/aromatic N) is 9. The van der Waals surface area contributed by atoms with E-state index in [9.17, 15) is 0 Å². The monoisotopic (exact) mass is 263 g/mol. The fourth-order valence-corrected chi connectivity index (χ4v) is 2.59. The van der Waals surface area contributed by atoms with Crippen LogP contribution in [0.2, 0.25) is 0 Å². The Morgan fingerprint density at radius 1 is 1.26 bits per heavy atom. The number of hydrogen-bond acceptors (Lipinski definition) is 7. The Kier molecular flexibility index (Phi) is 2.90. The Hall–Kier alpha value is -2.03. The molecule has 0 radical (unpaired) electrons. The van der Waals surface area contributed by atoms with Gasteiger partial charge in [0.05, 0.1) is 18.3 Å². The SMILES string of the molecule is CN(C)[C@@H]1CN(c2nnnn2C)C[C@@H]1n1ccnn1. The van der Waals surface area contributed by atoms with E-state index in [1.807, 2.05) is 17.9 Å². The summed E-state index contributed by atoms with van der Waals surface area (Å²) in [6.45, 7) is 1.69. The highest BCUT2D eigenvalue weighted by Gasteiger charge is 2.37. The summed E-state index contributed by atoms with van der Waals surface area (Å²) in [6.07, 6.45) is 3.61. The van der Waals surface area contributed by atoms with Crippen molar-refractivity contribution < 1.29 is 0 Å². The van der Waals surface area contributed by atoms with Gasteiger partial charge >= 0.3 is 0 Å². The number of aromatic nitrogens is 7. The van der Waals surface area contributed by atoms with Gasteiger partial charge in [0, 0.05) is 26.3 Å². The summed E-state index contributed by atoms with van der Waals surface area (Å²) in [4.78, 5) is 4.38. The van der Waals surface area contributed by atoms with E-state index in [1.54, 1.807) is 10.9 Å². The van der Waals surface area contributed by atoms with Gasteiger partial charge in [0.15, 0.2) is 0 Å². The van der Waals surface area contributed by atoms with E-state index >= 15 is 0 Å². The van der Waals surface area contributed by atoms with Crippen LogP contribution in [0.4, 0.5) is 5.95 Å². The highest BCUT2D eigenvalue weighted by molar-refractivity contribution is 5.32. The molecule has 0 aliphatic carbocycles. The molecule has 2 aromatic rings. The molecule has 2 aromatic heterocycles. The van der Waals surface area contributed by atoms with Crippen LogP contribution in [-0.4, -0.2) is 73.3 Å². The van der Waals surface area contributed by atoms with Crippen LogP contribution in [0.5, 0.6) is 0 Å². The van der Waals surface area contributed by atoms with Crippen molar-refractivity contribution in [3.8, 4) is 0 Å². The molecule has 9 heteroatoms. The maximum atomic E-state index is 4.12. The lowest BCUT2D eigenvalue weighted by atomic mass is 10.1. The topological polar surface area (TPSA) is 80.8 Å². The molecule has 1 saturated heterocycles. The summed E-state index contributed by atoms with van der Waals surface area (Å²) in [7, 11) is 6.00. The molecule has 0 N–H and O–H groups in total. The molecule has 0 aromatic carbocycles. The normalized spacial score (nSPS) is 23.5. The second kappa shape index (κ2) is 4.57. The van der Waals surface area contributed by atoms with Gasteiger partial charge in [-0.25, -0.2) is 9.36 Å². The fourth-order valence-electron chi connectivity index (χ4n) is 2.59. The van der Waals surface area contributed by atoms with Crippen molar-refractivity contribution in [2.75, 3.05) is 32.1 Å². The van der Waals surface area contributed by atoms with Gasteiger partial charge < -0.3 is 9.80 Å². The summed E-state index contributed by atoms with van der Waals surface area (Å²) in [5, 5.41) is 19.7. The molecule has 0 amide bonds. The van der Waals surface area contributed by atoms with E-state index in [-0.39, 0.29) is 6.04 Å². The zero-order chi connectivity index (χ0) is 13.4. The highest BCUT2D eigenvalue weighted by atomic mass is 15.6. The van der Waals surface area contributed by atoms with E-state index < -0.39 is 0 Å². The molecular weight excluding hydrogens is 246 g/mol. The third-order valence-electron chi connectivity index (χ3n) is 3.58. The first-order valence-electron chi connectivity index (χ1n) is 6.16. The number of likely N-dealkylation sites (N-methyl/N-ethyl adjacent to an activating group) is 1. The average Bonchev–Trinajstić information content (AvgIpc) is 3.06. The molecule has 2 atom stereocenters. The number of hydrogen-bond donors (Lipinski definition) is 0. The molecule has 102 valence electrons. The average molecular weight is 263 g/mol. The highest BCUT2D eigenvalue weighted by Crippen LogP contribution is 2.27. The van der Waals surface area contributed by atoms with Crippen LogP contribution in [-0.2, 0) is 7.05 Å². The van der Waals surface area contributed by atoms with E-state index in [4.69, 9.17) is 0 Å². The molecule has 0 bridgehead atoms. The van der Waals surface area contributed by atoms with Crippen molar-refractivity contribution in [1.29, 1.82) is 0 Å². The first-order chi connectivity index (χ1) is 9.16. The first-order valence-corrected chi connectivity index (χ1v) is 6.16. The van der Waals surface area contributed by atoms with Crippen molar-refractivity contribution in [2.24, 2.45) is 7.05 Å². The number of anilines is 1. The molecule has 0 unspecified atom stereocenters. The third-order valence-corrected chi connectivity index (χ3v) is 3.58. The molecule has 1 aliphatic rings. The Balaban J connectivity index is 1.87. The van der Waals surface area contributed by atoms with Crippen molar-refractivity contribution in [3.05, 3.63) is 12.4 Å². The summed E-state index contributed by atoms with van der Waals surface area (Å²) >= 11 is 0. The van der Waals surface area contributed by atoms with Gasteiger partial charge in [0.1, 0.15) is 0 Å². The quantitative estimate of drug-likeness (QED) is 0.687. The smallest absolute Gasteiger partial charge is 0.245 e. The number of rotatable bonds is 3. The van der Waals surface area contributed by atoms with Gasteiger partial charge in [-0.05, 0) is 24.5 Å². The number of tetrazole rings is 1. The van der Waals surface area contributed by atoms with Gasteiger partial charge in [0.2, 0.25) is 5.95 Å². The second-order valence-electron chi connectivity index (χ2n) is 4.99. The van der Waals surface area contributed by atoms with E-state index in [0.29, 0.717) is 6.04 Å². The van der Waals surface area contributed by atoms with Crippen molar-refractivity contribution in [1.82, 2.24) is 40.1 Å². The standard InChI is InChI=1S/C10H17N9/c1-16(2)8-6-18(10-12-13-15-17(10)3)7-9(8)19-5-4-11-14-19/h4-5,8-9H,6-7H2,1-3H3/t8-,9+/m1/s1. The Morgan fingerprint density at radius 3 is 2.68 bits per heavy atom. The van der Waals surface area contributed by atoms with E-state index in [1.165, 1.54) is 0 Å². The van der Waals surface area contributed by atoms with Gasteiger partial charge in [-0.1, -0.05) is 10.3 Å². The summed E-state index contributed by atoms with van der Waals surface area (Å²) < 4.78 is 3.60. The summed E-state index contributed by atoms with van der Waals surface area (Å²) in [5.41, 5.74) is 0. The van der Waals surface area contributed by atoms with Crippen LogP contribution in [0.1, 0.15) is 6.04 Å². The molecule has 0 saturated carbocycles. The van der Waals surface area contributed by atoms with E-state index in [2.05, 4.69) is 49.7 Å². The predicted molar refractivity (Wildman–Crippen MR) is 67.5 cm³/mol. The van der Waals surface area contributed by atoms with Gasteiger partial charge in [-0.2, -0.15) is 0 Å². The fraction of sp³-hybridized carbons (Fsp3) is 0.700. The minimum atomic E-state index is 0.245. The summed E-state index contributed by atoms with van der Waals surface area (Å²) in [6, 6.07) is 0.590. The van der Waals surface area contributed by atoms with Crippen LogP contribution in [0.3, 0.4) is 0 Å². The molecule has 3 heterocycles. The van der Waals surface area contributed by atoms with Crippen LogP contribution < -0.4 is 4.90 Å². The van der Waals surface area contributed by atoms with Crippen molar-refractivity contribution in [2.45, 2.75) is 12.1 Å². The lowest BCUT2D eigenvalue weighted by Gasteiger charge is -2.24. The van der Waals surface area contributed by atoms with Gasteiger partial charge in [0.25, 0.3) is 0 Å². The molecule has 1 aliphatic heterocycles. The van der Waals surface area contributed by atoms with Gasteiger partial charge in [-0.3, -0.25) is 0 Å². The predicted octanol–water partition coefficient (Wildman–Crippen LogP) is -1.21. The maximum absolute atomic E-state index is 4.12. The molecule has 9 nitrogen and oxygen atoms in total. The second-order valence-corrected chi connectivity index (χ2v) is 4.99. The Bertz CT molecular complexity index is 531. The van der Waals surface area contributed by atoms with Gasteiger partial charge in [-0.15, -0.1) is 5.10 Å².